The van der Waals surface area contributed by atoms with Crippen molar-refractivity contribution in [1.82, 2.24) is 14.8 Å². The number of piperazine rings is 1. The van der Waals surface area contributed by atoms with Crippen molar-refractivity contribution < 1.29 is 13.9 Å². The molecule has 11 heteroatoms. The van der Waals surface area contributed by atoms with Crippen molar-refractivity contribution >= 4 is 51.3 Å². The minimum absolute atomic E-state index is 0.250. The Bertz CT molecular complexity index is 1700. The molecule has 3 atom stereocenters. The Hall–Kier alpha value is -3.58. The van der Waals surface area contributed by atoms with Crippen molar-refractivity contribution in [2.45, 2.75) is 57.8 Å². The molecule has 2 aromatic carbocycles. The summed E-state index contributed by atoms with van der Waals surface area (Å²) in [5, 5.41) is 13.5. The smallest absolute Gasteiger partial charge is 0.282 e. The number of anilines is 2. The van der Waals surface area contributed by atoms with Gasteiger partial charge in [-0.15, -0.1) is 0 Å². The molecule has 3 aliphatic rings. The van der Waals surface area contributed by atoms with E-state index in [-0.39, 0.29) is 18.1 Å². The largest absolute Gasteiger partial charge is 0.475 e. The molecule has 0 aliphatic carbocycles. The van der Waals surface area contributed by atoms with Crippen molar-refractivity contribution in [3.63, 3.8) is 0 Å². The number of likely N-dealkylation sites (tertiary alicyclic amines) is 1. The molecule has 45 heavy (non-hydrogen) atoms. The van der Waals surface area contributed by atoms with Gasteiger partial charge < -0.3 is 24.3 Å². The summed E-state index contributed by atoms with van der Waals surface area (Å²) in [6.07, 6.45) is 2.77. The molecule has 0 spiro atoms. The maximum Gasteiger partial charge on any atom is 0.282 e. The van der Waals surface area contributed by atoms with Gasteiger partial charge in [-0.25, -0.2) is 9.37 Å². The predicted octanol–water partition coefficient (Wildman–Crippen LogP) is 6.36. The zero-order valence-corrected chi connectivity index (χ0v) is 27.3. The number of hydrogen-bond donors (Lipinski definition) is 0. The zero-order chi connectivity index (χ0) is 32.0. The highest BCUT2D eigenvalue weighted by Gasteiger charge is 2.38. The Balaban J connectivity index is 1.41. The molecule has 0 bridgehead atoms. The fourth-order valence-electron chi connectivity index (χ4n) is 7.26. The molecular formula is C34H37Cl2FN6O2. The minimum Gasteiger partial charge on any atom is -0.475 e. The normalized spacial score (nSPS) is 22.0. The number of nitrogens with zero attached hydrogens (tertiary/aromatic N) is 6. The number of aromatic nitrogens is 1. The van der Waals surface area contributed by atoms with E-state index >= 15 is 0 Å². The van der Waals surface area contributed by atoms with Gasteiger partial charge in [0.25, 0.3) is 5.91 Å². The number of ether oxygens (including phenoxy) is 1. The van der Waals surface area contributed by atoms with Crippen molar-refractivity contribution in [1.29, 1.82) is 5.26 Å². The molecule has 1 unspecified atom stereocenters. The van der Waals surface area contributed by atoms with E-state index < -0.39 is 11.7 Å². The molecule has 2 saturated heterocycles. The quantitative estimate of drug-likeness (QED) is 0.288. The molecule has 2 fully saturated rings. The molecular weight excluding hydrogens is 614 g/mol. The lowest BCUT2D eigenvalue weighted by Gasteiger charge is -2.46. The number of amides is 1. The minimum atomic E-state index is -0.969. The van der Waals surface area contributed by atoms with Crippen LogP contribution in [0.5, 0.6) is 5.88 Å². The van der Waals surface area contributed by atoms with Crippen LogP contribution in [0.3, 0.4) is 0 Å². The number of halogens is 3. The van der Waals surface area contributed by atoms with E-state index in [1.165, 1.54) is 0 Å². The van der Waals surface area contributed by atoms with Crippen LogP contribution in [0.1, 0.15) is 43.5 Å². The highest BCUT2D eigenvalue weighted by atomic mass is 35.5. The lowest BCUT2D eigenvalue weighted by atomic mass is 9.96. The van der Waals surface area contributed by atoms with E-state index in [2.05, 4.69) is 34.4 Å². The van der Waals surface area contributed by atoms with Crippen LogP contribution in [0.25, 0.3) is 10.8 Å². The number of carbonyl (C=O) groups excluding carboxylic acids is 1. The molecule has 6 rings (SSSR count). The van der Waals surface area contributed by atoms with Crippen LogP contribution >= 0.6 is 23.2 Å². The van der Waals surface area contributed by atoms with Crippen LogP contribution in [-0.2, 0) is 17.8 Å². The third kappa shape index (κ3) is 5.80. The van der Waals surface area contributed by atoms with Crippen LogP contribution in [0.2, 0.25) is 10.0 Å². The van der Waals surface area contributed by atoms with Gasteiger partial charge in [-0.1, -0.05) is 48.0 Å². The number of pyridine rings is 1. The standard InChI is InChI=1S/C34H37Cl2FN6O2/c1-20-16-42(17-21(2)43(20)34(44)22(3)37)32-25-12-14-41(29-9-5-7-23-10-11-27(35)31(36)30(23)29)18-28(25)39-33(26(32)15-38)45-19-24-8-6-13-40(24)4/h5,7,9-11,20-21,24H,3,6,8,12-14,16-19H2,1-2,4H3/t20-,21+,24?. The van der Waals surface area contributed by atoms with Crippen molar-refractivity contribution in [2.75, 3.05) is 49.6 Å². The topological polar surface area (TPSA) is 75.9 Å². The lowest BCUT2D eigenvalue weighted by Crippen LogP contribution is -2.59. The monoisotopic (exact) mass is 650 g/mol. The lowest BCUT2D eigenvalue weighted by molar-refractivity contribution is -0.133. The molecule has 4 heterocycles. The highest BCUT2D eigenvalue weighted by molar-refractivity contribution is 6.46. The summed E-state index contributed by atoms with van der Waals surface area (Å²) in [6, 6.07) is 11.9. The molecule has 0 saturated carbocycles. The van der Waals surface area contributed by atoms with E-state index in [0.717, 1.165) is 52.8 Å². The molecule has 8 nitrogen and oxygen atoms in total. The molecule has 236 valence electrons. The van der Waals surface area contributed by atoms with Crippen LogP contribution in [0.15, 0.2) is 42.7 Å². The number of rotatable bonds is 6. The van der Waals surface area contributed by atoms with E-state index in [9.17, 15) is 14.4 Å². The molecule has 0 N–H and O–H groups in total. The van der Waals surface area contributed by atoms with Gasteiger partial charge in [-0.05, 0) is 64.2 Å². The predicted molar refractivity (Wildman–Crippen MR) is 177 cm³/mol. The van der Waals surface area contributed by atoms with E-state index in [1.54, 1.807) is 4.90 Å². The van der Waals surface area contributed by atoms with Crippen LogP contribution < -0.4 is 14.5 Å². The van der Waals surface area contributed by atoms with Gasteiger partial charge in [0.2, 0.25) is 5.88 Å². The van der Waals surface area contributed by atoms with Gasteiger partial charge >= 0.3 is 0 Å². The Labute approximate surface area is 273 Å². The average Bonchev–Trinajstić information content (AvgIpc) is 3.44. The second-order valence-corrected chi connectivity index (χ2v) is 13.2. The maximum atomic E-state index is 13.9. The number of fused-ring (bicyclic) bond motifs is 2. The first-order chi connectivity index (χ1) is 21.6. The van der Waals surface area contributed by atoms with Gasteiger partial charge in [0, 0.05) is 54.4 Å². The van der Waals surface area contributed by atoms with Gasteiger partial charge in [0.1, 0.15) is 18.2 Å². The Morgan fingerprint density at radius 2 is 1.91 bits per heavy atom. The first kappa shape index (κ1) is 31.4. The summed E-state index contributed by atoms with van der Waals surface area (Å²) in [6.45, 7) is 10.5. The van der Waals surface area contributed by atoms with Crippen molar-refractivity contribution in [3.05, 3.63) is 69.6 Å². The number of carbonyl (C=O) groups is 1. The summed E-state index contributed by atoms with van der Waals surface area (Å²) in [4.78, 5) is 25.9. The summed E-state index contributed by atoms with van der Waals surface area (Å²) in [5.74, 6) is -1.34. The Morgan fingerprint density at radius 1 is 1.16 bits per heavy atom. The third-order valence-corrected chi connectivity index (χ3v) is 10.2. The maximum absolute atomic E-state index is 13.9. The first-order valence-corrected chi connectivity index (χ1v) is 16.2. The van der Waals surface area contributed by atoms with Gasteiger partial charge in [-0.3, -0.25) is 4.79 Å². The van der Waals surface area contributed by atoms with Crippen LogP contribution in [0.4, 0.5) is 15.8 Å². The number of nitriles is 1. The molecule has 1 amide bonds. The van der Waals surface area contributed by atoms with Gasteiger partial charge in [-0.2, -0.15) is 5.26 Å². The zero-order valence-electron chi connectivity index (χ0n) is 25.8. The second-order valence-electron chi connectivity index (χ2n) is 12.4. The molecule has 1 aromatic heterocycles. The number of hydrogen-bond acceptors (Lipinski definition) is 7. The fourth-order valence-corrected chi connectivity index (χ4v) is 7.69. The first-order valence-electron chi connectivity index (χ1n) is 15.4. The summed E-state index contributed by atoms with van der Waals surface area (Å²) in [7, 11) is 2.09. The molecule has 0 radical (unpaired) electrons. The van der Waals surface area contributed by atoms with Gasteiger partial charge in [0.15, 0.2) is 5.83 Å². The van der Waals surface area contributed by atoms with Crippen LogP contribution in [0, 0.1) is 11.3 Å². The summed E-state index contributed by atoms with van der Waals surface area (Å²) in [5.41, 5.74) is 3.98. The Morgan fingerprint density at radius 3 is 2.58 bits per heavy atom. The summed E-state index contributed by atoms with van der Waals surface area (Å²) < 4.78 is 20.3. The fraction of sp³-hybridized carbons (Fsp3) is 0.441. The van der Waals surface area contributed by atoms with Crippen molar-refractivity contribution in [2.24, 2.45) is 0 Å². The highest BCUT2D eigenvalue weighted by Crippen LogP contribution is 2.42. The van der Waals surface area contributed by atoms with Crippen molar-refractivity contribution in [3.8, 4) is 11.9 Å². The second kappa shape index (κ2) is 12.7. The van der Waals surface area contributed by atoms with Crippen LogP contribution in [-0.4, -0.2) is 78.7 Å². The van der Waals surface area contributed by atoms with E-state index in [0.29, 0.717) is 60.7 Å². The number of likely N-dealkylation sites (N-methyl/N-ethyl adjacent to an activating group) is 1. The molecule has 3 aromatic rings. The number of benzene rings is 2. The third-order valence-electron chi connectivity index (χ3n) is 9.44. The molecule has 3 aliphatic heterocycles. The SMILES string of the molecule is C=C(F)C(=O)N1[C@H](C)CN(c2c(C#N)c(OCC3CCCN3C)nc3c2CCN(c2cccc4ccc(Cl)c(Cl)c24)C3)C[C@@H]1C. The Kier molecular flexibility index (Phi) is 8.84. The average molecular weight is 652 g/mol. The van der Waals surface area contributed by atoms with Gasteiger partial charge in [0.05, 0.1) is 28.0 Å². The van der Waals surface area contributed by atoms with E-state index in [1.807, 2.05) is 44.2 Å². The summed E-state index contributed by atoms with van der Waals surface area (Å²) >= 11 is 13.2. The van der Waals surface area contributed by atoms with E-state index in [4.69, 9.17) is 32.9 Å².